The second kappa shape index (κ2) is 5.08. The van der Waals surface area contributed by atoms with Crippen molar-refractivity contribution in [3.05, 3.63) is 11.4 Å². The van der Waals surface area contributed by atoms with Gasteiger partial charge in [-0.05, 0) is 33.1 Å². The molecule has 0 bridgehead atoms. The van der Waals surface area contributed by atoms with E-state index in [4.69, 9.17) is 4.74 Å². The third-order valence-electron chi connectivity index (χ3n) is 3.68. The molecule has 1 aromatic rings. The average molecular weight is 237 g/mol. The molecule has 1 aromatic heterocycles. The van der Waals surface area contributed by atoms with E-state index in [-0.39, 0.29) is 0 Å². The molecule has 0 spiro atoms. The minimum absolute atomic E-state index is 0.415. The van der Waals surface area contributed by atoms with Crippen LogP contribution in [0.1, 0.15) is 37.6 Å². The van der Waals surface area contributed by atoms with Gasteiger partial charge in [-0.1, -0.05) is 6.92 Å². The molecule has 96 valence electrons. The van der Waals surface area contributed by atoms with Gasteiger partial charge in [-0.25, -0.2) is 0 Å². The number of rotatable bonds is 3. The monoisotopic (exact) mass is 237 g/mol. The quantitative estimate of drug-likeness (QED) is 0.877. The second-order valence-electron chi connectivity index (χ2n) is 4.94. The van der Waals surface area contributed by atoms with Crippen molar-refractivity contribution in [3.63, 3.8) is 0 Å². The van der Waals surface area contributed by atoms with Crippen molar-refractivity contribution in [2.75, 3.05) is 11.9 Å². The standard InChI is InChI=1S/C13H23N3O/c1-5-12-8-11(6-7-17-12)14-13-9(2)15-16(4)10(13)3/h11-12,14H,5-8H2,1-4H3. The van der Waals surface area contributed by atoms with E-state index in [1.807, 2.05) is 11.7 Å². The van der Waals surface area contributed by atoms with Crippen LogP contribution < -0.4 is 5.32 Å². The topological polar surface area (TPSA) is 39.1 Å². The Labute approximate surface area is 103 Å². The Morgan fingerprint density at radius 3 is 2.82 bits per heavy atom. The Balaban J connectivity index is 2.05. The van der Waals surface area contributed by atoms with E-state index in [2.05, 4.69) is 31.2 Å². The van der Waals surface area contributed by atoms with Crippen LogP contribution in [0.15, 0.2) is 0 Å². The first-order valence-electron chi connectivity index (χ1n) is 6.50. The van der Waals surface area contributed by atoms with Crippen molar-refractivity contribution in [3.8, 4) is 0 Å². The van der Waals surface area contributed by atoms with Crippen molar-refractivity contribution in [2.24, 2.45) is 7.05 Å². The first-order valence-corrected chi connectivity index (χ1v) is 6.50. The van der Waals surface area contributed by atoms with Crippen LogP contribution in [0.4, 0.5) is 5.69 Å². The molecule has 1 aliphatic heterocycles. The lowest BCUT2D eigenvalue weighted by Crippen LogP contribution is -2.33. The maximum Gasteiger partial charge on any atom is 0.0827 e. The van der Waals surface area contributed by atoms with E-state index in [0.29, 0.717) is 12.1 Å². The molecule has 1 aliphatic rings. The summed E-state index contributed by atoms with van der Waals surface area (Å²) in [5.41, 5.74) is 3.50. The van der Waals surface area contributed by atoms with Crippen molar-refractivity contribution in [2.45, 2.75) is 52.2 Å². The summed E-state index contributed by atoms with van der Waals surface area (Å²) in [7, 11) is 1.99. The highest BCUT2D eigenvalue weighted by atomic mass is 16.5. The van der Waals surface area contributed by atoms with Crippen LogP contribution in [0.25, 0.3) is 0 Å². The molecule has 2 heterocycles. The van der Waals surface area contributed by atoms with Gasteiger partial charge in [0, 0.05) is 19.7 Å². The Bertz CT molecular complexity index is 386. The summed E-state index contributed by atoms with van der Waals surface area (Å²) in [4.78, 5) is 0. The van der Waals surface area contributed by atoms with Gasteiger partial charge >= 0.3 is 0 Å². The lowest BCUT2D eigenvalue weighted by atomic mass is 10.0. The van der Waals surface area contributed by atoms with E-state index >= 15 is 0 Å². The molecule has 2 unspecified atom stereocenters. The molecule has 0 radical (unpaired) electrons. The zero-order valence-corrected chi connectivity index (χ0v) is 11.3. The van der Waals surface area contributed by atoms with Gasteiger partial charge < -0.3 is 10.1 Å². The molecule has 4 heteroatoms. The van der Waals surface area contributed by atoms with Crippen LogP contribution in [0.5, 0.6) is 0 Å². The van der Waals surface area contributed by atoms with Crippen LogP contribution in [0, 0.1) is 13.8 Å². The van der Waals surface area contributed by atoms with E-state index in [1.165, 1.54) is 11.4 Å². The van der Waals surface area contributed by atoms with Crippen LogP contribution in [-0.4, -0.2) is 28.5 Å². The van der Waals surface area contributed by atoms with E-state index < -0.39 is 0 Å². The van der Waals surface area contributed by atoms with Crippen LogP contribution >= 0.6 is 0 Å². The maximum atomic E-state index is 5.70. The highest BCUT2D eigenvalue weighted by Gasteiger charge is 2.22. The average Bonchev–Trinajstić information content (AvgIpc) is 2.56. The minimum Gasteiger partial charge on any atom is -0.379 e. The van der Waals surface area contributed by atoms with Gasteiger partial charge in [-0.3, -0.25) is 4.68 Å². The normalized spacial score (nSPS) is 24.9. The van der Waals surface area contributed by atoms with E-state index in [0.717, 1.165) is 31.6 Å². The molecule has 17 heavy (non-hydrogen) atoms. The van der Waals surface area contributed by atoms with Crippen LogP contribution in [0.3, 0.4) is 0 Å². The van der Waals surface area contributed by atoms with Crippen LogP contribution in [0.2, 0.25) is 0 Å². The molecule has 0 aliphatic carbocycles. The van der Waals surface area contributed by atoms with Crippen molar-refractivity contribution in [1.82, 2.24) is 9.78 Å². The van der Waals surface area contributed by atoms with Crippen LogP contribution in [-0.2, 0) is 11.8 Å². The summed E-state index contributed by atoms with van der Waals surface area (Å²) in [5.74, 6) is 0. The fraction of sp³-hybridized carbons (Fsp3) is 0.769. The molecular weight excluding hydrogens is 214 g/mol. The number of nitrogens with zero attached hydrogens (tertiary/aromatic N) is 2. The lowest BCUT2D eigenvalue weighted by molar-refractivity contribution is 0.00924. The first kappa shape index (κ1) is 12.4. The van der Waals surface area contributed by atoms with Gasteiger partial charge in [0.2, 0.25) is 0 Å². The molecule has 1 fully saturated rings. The van der Waals surface area contributed by atoms with Crippen molar-refractivity contribution >= 4 is 5.69 Å². The van der Waals surface area contributed by atoms with Crippen molar-refractivity contribution < 1.29 is 4.74 Å². The lowest BCUT2D eigenvalue weighted by Gasteiger charge is -2.30. The number of nitrogens with one attached hydrogen (secondary N) is 1. The molecule has 2 atom stereocenters. The fourth-order valence-corrected chi connectivity index (χ4v) is 2.48. The van der Waals surface area contributed by atoms with Gasteiger partial charge in [-0.2, -0.15) is 5.10 Å². The minimum atomic E-state index is 0.415. The van der Waals surface area contributed by atoms with Gasteiger partial charge in [0.05, 0.1) is 23.2 Å². The molecule has 4 nitrogen and oxygen atoms in total. The molecule has 0 amide bonds. The maximum absolute atomic E-state index is 5.70. The summed E-state index contributed by atoms with van der Waals surface area (Å²) in [5, 5.41) is 8.08. The van der Waals surface area contributed by atoms with Gasteiger partial charge in [0.15, 0.2) is 0 Å². The molecule has 0 saturated carbocycles. The van der Waals surface area contributed by atoms with E-state index in [9.17, 15) is 0 Å². The SMILES string of the molecule is CCC1CC(Nc2c(C)nn(C)c2C)CCO1. The summed E-state index contributed by atoms with van der Waals surface area (Å²) in [6.45, 7) is 7.23. The Morgan fingerprint density at radius 2 is 2.24 bits per heavy atom. The number of anilines is 1. The predicted molar refractivity (Wildman–Crippen MR) is 69.4 cm³/mol. The number of hydrogen-bond donors (Lipinski definition) is 1. The number of aryl methyl sites for hydroxylation is 2. The second-order valence-corrected chi connectivity index (χ2v) is 4.94. The Hall–Kier alpha value is -1.03. The third kappa shape index (κ3) is 2.63. The first-order chi connectivity index (χ1) is 8.11. The van der Waals surface area contributed by atoms with Crippen molar-refractivity contribution in [1.29, 1.82) is 0 Å². The summed E-state index contributed by atoms with van der Waals surface area (Å²) in [6.07, 6.45) is 3.70. The largest absolute Gasteiger partial charge is 0.379 e. The van der Waals surface area contributed by atoms with Gasteiger partial charge in [0.25, 0.3) is 0 Å². The highest BCUT2D eigenvalue weighted by molar-refractivity contribution is 5.52. The Morgan fingerprint density at radius 1 is 1.47 bits per heavy atom. The molecule has 0 aromatic carbocycles. The Kier molecular flexibility index (Phi) is 3.72. The molecular formula is C13H23N3O. The summed E-state index contributed by atoms with van der Waals surface area (Å²) < 4.78 is 7.64. The smallest absolute Gasteiger partial charge is 0.0827 e. The number of aromatic nitrogens is 2. The van der Waals surface area contributed by atoms with Gasteiger partial charge in [0.1, 0.15) is 0 Å². The summed E-state index contributed by atoms with van der Waals surface area (Å²) in [6, 6.07) is 0.523. The zero-order valence-electron chi connectivity index (χ0n) is 11.3. The predicted octanol–water partition coefficient (Wildman–Crippen LogP) is 2.41. The summed E-state index contributed by atoms with van der Waals surface area (Å²) >= 11 is 0. The third-order valence-corrected chi connectivity index (χ3v) is 3.68. The highest BCUT2D eigenvalue weighted by Crippen LogP contribution is 2.24. The molecule has 2 rings (SSSR count). The number of hydrogen-bond acceptors (Lipinski definition) is 3. The fourth-order valence-electron chi connectivity index (χ4n) is 2.48. The van der Waals surface area contributed by atoms with E-state index in [1.54, 1.807) is 0 Å². The molecule has 1 N–H and O–H groups in total. The molecule has 1 saturated heterocycles. The zero-order chi connectivity index (χ0) is 12.4. The number of ether oxygens (including phenoxy) is 1. The van der Waals surface area contributed by atoms with Gasteiger partial charge in [-0.15, -0.1) is 0 Å².